The van der Waals surface area contributed by atoms with Gasteiger partial charge in [0, 0.05) is 28.4 Å². The number of esters is 1. The maximum atomic E-state index is 11.6. The molecule has 0 fully saturated rings. The SMILES string of the molecule is CC(=O)Oc1c(C)c(C)c2c(c1C)[C@H](I)C[C@@](C)(CC[C@@H](C)CC[C@@H](C)CCC(C)C)O2. The predicted octanol–water partition coefficient (Wildman–Crippen LogP) is 8.82. The molecule has 0 saturated carbocycles. The Labute approximate surface area is 210 Å². The molecule has 0 radical (unpaired) electrons. The van der Waals surface area contributed by atoms with Gasteiger partial charge in [-0.05, 0) is 69.4 Å². The number of rotatable bonds is 10. The van der Waals surface area contributed by atoms with Gasteiger partial charge in [-0.3, -0.25) is 4.79 Å². The third-order valence-electron chi connectivity index (χ3n) is 7.31. The maximum absolute atomic E-state index is 11.6. The Bertz CT molecular complexity index is 801. The van der Waals surface area contributed by atoms with E-state index in [-0.39, 0.29) is 11.6 Å². The van der Waals surface area contributed by atoms with Crippen LogP contribution < -0.4 is 9.47 Å². The maximum Gasteiger partial charge on any atom is 0.308 e. The lowest BCUT2D eigenvalue weighted by Crippen LogP contribution is -2.38. The number of alkyl halides is 1. The van der Waals surface area contributed by atoms with Gasteiger partial charge < -0.3 is 9.47 Å². The second-order valence-electron chi connectivity index (χ2n) is 11.1. The summed E-state index contributed by atoms with van der Waals surface area (Å²) in [6.07, 6.45) is 8.61. The van der Waals surface area contributed by atoms with E-state index in [1.54, 1.807) is 0 Å². The predicted molar refractivity (Wildman–Crippen MR) is 143 cm³/mol. The molecule has 4 heteroatoms. The van der Waals surface area contributed by atoms with Gasteiger partial charge in [0.2, 0.25) is 0 Å². The van der Waals surface area contributed by atoms with Gasteiger partial charge in [0.05, 0.1) is 0 Å². The zero-order valence-electron chi connectivity index (χ0n) is 21.9. The van der Waals surface area contributed by atoms with Crippen LogP contribution in [0.2, 0.25) is 0 Å². The second-order valence-corrected chi connectivity index (χ2v) is 12.6. The minimum Gasteiger partial charge on any atom is -0.487 e. The van der Waals surface area contributed by atoms with Crippen LogP contribution in [0, 0.1) is 38.5 Å². The Morgan fingerprint density at radius 1 is 1.00 bits per heavy atom. The zero-order valence-corrected chi connectivity index (χ0v) is 24.0. The molecule has 1 aromatic rings. The van der Waals surface area contributed by atoms with E-state index in [2.05, 4.69) is 71.1 Å². The molecule has 182 valence electrons. The Hall–Kier alpha value is -0.780. The van der Waals surface area contributed by atoms with Crippen molar-refractivity contribution in [2.75, 3.05) is 0 Å². The van der Waals surface area contributed by atoms with Gasteiger partial charge in [0.1, 0.15) is 17.1 Å². The van der Waals surface area contributed by atoms with E-state index < -0.39 is 0 Å². The standard InChI is InChI=1S/C28H45IO3/c1-17(2)10-11-18(3)12-13-19(4)14-15-28(9)16-24(29)25-22(7)26(31-23(8)30)20(5)21(6)27(25)32-28/h17-19,24H,10-16H2,1-9H3/t18-,19-,24+,28+/m0/s1. The minimum atomic E-state index is -0.269. The van der Waals surface area contributed by atoms with Crippen LogP contribution in [0.25, 0.3) is 0 Å². The summed E-state index contributed by atoms with van der Waals surface area (Å²) in [7, 11) is 0. The number of carbonyl (C=O) groups excluding carboxylic acids is 1. The van der Waals surface area contributed by atoms with E-state index in [0.29, 0.717) is 9.67 Å². The van der Waals surface area contributed by atoms with Crippen molar-refractivity contribution in [3.63, 3.8) is 0 Å². The summed E-state index contributed by atoms with van der Waals surface area (Å²) in [5.41, 5.74) is 4.20. The van der Waals surface area contributed by atoms with Crippen LogP contribution in [0.5, 0.6) is 11.5 Å². The van der Waals surface area contributed by atoms with Crippen LogP contribution in [-0.4, -0.2) is 11.6 Å². The first-order chi connectivity index (χ1) is 14.8. The first-order valence-corrected chi connectivity index (χ1v) is 13.7. The molecule has 0 amide bonds. The van der Waals surface area contributed by atoms with Gasteiger partial charge in [-0.15, -0.1) is 0 Å². The molecular weight excluding hydrogens is 511 g/mol. The van der Waals surface area contributed by atoms with Crippen molar-refractivity contribution >= 4 is 28.6 Å². The van der Waals surface area contributed by atoms with Crippen molar-refractivity contribution in [1.82, 2.24) is 0 Å². The average molecular weight is 557 g/mol. The molecule has 1 aliphatic heterocycles. The van der Waals surface area contributed by atoms with E-state index in [1.807, 2.05) is 6.92 Å². The fourth-order valence-electron chi connectivity index (χ4n) is 4.87. The molecule has 0 spiro atoms. The van der Waals surface area contributed by atoms with Crippen molar-refractivity contribution in [3.8, 4) is 11.5 Å². The fourth-order valence-corrected chi connectivity index (χ4v) is 6.55. The number of fused-ring (bicyclic) bond motifs is 1. The normalized spacial score (nSPS) is 22.3. The molecule has 1 aliphatic rings. The molecular formula is C28H45IO3. The lowest BCUT2D eigenvalue weighted by atomic mass is 9.82. The largest absolute Gasteiger partial charge is 0.487 e. The van der Waals surface area contributed by atoms with Crippen LogP contribution >= 0.6 is 22.6 Å². The van der Waals surface area contributed by atoms with Crippen molar-refractivity contribution in [3.05, 3.63) is 22.3 Å². The lowest BCUT2D eigenvalue weighted by molar-refractivity contribution is -0.132. The summed E-state index contributed by atoms with van der Waals surface area (Å²) in [4.78, 5) is 11.6. The number of benzene rings is 1. The van der Waals surface area contributed by atoms with Gasteiger partial charge in [-0.1, -0.05) is 76.0 Å². The molecule has 2 rings (SSSR count). The second kappa shape index (κ2) is 11.6. The Balaban J connectivity index is 2.06. The Morgan fingerprint density at radius 3 is 2.12 bits per heavy atom. The van der Waals surface area contributed by atoms with E-state index >= 15 is 0 Å². The third kappa shape index (κ3) is 7.11. The van der Waals surface area contributed by atoms with E-state index in [4.69, 9.17) is 9.47 Å². The van der Waals surface area contributed by atoms with Gasteiger partial charge in [-0.25, -0.2) is 0 Å². The Morgan fingerprint density at radius 2 is 1.56 bits per heavy atom. The van der Waals surface area contributed by atoms with Crippen LogP contribution in [0.3, 0.4) is 0 Å². The van der Waals surface area contributed by atoms with E-state index in [1.165, 1.54) is 44.6 Å². The highest BCUT2D eigenvalue weighted by Crippen LogP contribution is 2.52. The number of halogens is 1. The summed E-state index contributed by atoms with van der Waals surface area (Å²) in [5, 5.41) is 0. The quantitative estimate of drug-likeness (QED) is 0.125. The first kappa shape index (κ1) is 27.5. The van der Waals surface area contributed by atoms with Gasteiger partial charge in [0.15, 0.2) is 0 Å². The molecule has 32 heavy (non-hydrogen) atoms. The van der Waals surface area contributed by atoms with Crippen molar-refractivity contribution in [2.24, 2.45) is 17.8 Å². The molecule has 0 saturated heterocycles. The average Bonchev–Trinajstić information content (AvgIpc) is 2.70. The summed E-state index contributed by atoms with van der Waals surface area (Å²) in [6, 6.07) is 0. The van der Waals surface area contributed by atoms with E-state index in [9.17, 15) is 4.79 Å². The summed E-state index contributed by atoms with van der Waals surface area (Å²) in [5.74, 6) is 3.81. The number of carbonyl (C=O) groups is 1. The first-order valence-electron chi connectivity index (χ1n) is 12.5. The van der Waals surface area contributed by atoms with Gasteiger partial charge >= 0.3 is 5.97 Å². The smallest absolute Gasteiger partial charge is 0.308 e. The van der Waals surface area contributed by atoms with Crippen LogP contribution in [0.1, 0.15) is 113 Å². The lowest BCUT2D eigenvalue weighted by Gasteiger charge is -2.41. The Kier molecular flexibility index (Phi) is 9.93. The van der Waals surface area contributed by atoms with E-state index in [0.717, 1.165) is 53.0 Å². The van der Waals surface area contributed by atoms with Crippen LogP contribution in [0.4, 0.5) is 0 Å². The molecule has 0 aliphatic carbocycles. The molecule has 1 aromatic carbocycles. The van der Waals surface area contributed by atoms with Gasteiger partial charge in [0.25, 0.3) is 0 Å². The zero-order chi connectivity index (χ0) is 24.2. The van der Waals surface area contributed by atoms with Crippen molar-refractivity contribution in [2.45, 2.75) is 117 Å². The number of ether oxygens (including phenoxy) is 2. The fraction of sp³-hybridized carbons (Fsp3) is 0.750. The molecule has 4 atom stereocenters. The molecule has 0 aromatic heterocycles. The summed E-state index contributed by atoms with van der Waals surface area (Å²) >= 11 is 2.55. The van der Waals surface area contributed by atoms with Crippen molar-refractivity contribution in [1.29, 1.82) is 0 Å². The molecule has 0 N–H and O–H groups in total. The summed E-state index contributed by atoms with van der Waals surface area (Å²) < 4.78 is 12.7. The highest BCUT2D eigenvalue weighted by atomic mass is 127. The topological polar surface area (TPSA) is 35.5 Å². The monoisotopic (exact) mass is 556 g/mol. The highest BCUT2D eigenvalue weighted by molar-refractivity contribution is 14.1. The van der Waals surface area contributed by atoms with Crippen molar-refractivity contribution < 1.29 is 14.3 Å². The van der Waals surface area contributed by atoms with Crippen LogP contribution in [-0.2, 0) is 4.79 Å². The molecule has 0 bridgehead atoms. The molecule has 3 nitrogen and oxygen atoms in total. The molecule has 1 heterocycles. The van der Waals surface area contributed by atoms with Crippen LogP contribution in [0.15, 0.2) is 0 Å². The minimum absolute atomic E-state index is 0.150. The third-order valence-corrected chi connectivity index (χ3v) is 8.37. The summed E-state index contributed by atoms with van der Waals surface area (Å²) in [6.45, 7) is 19.4. The molecule has 0 unspecified atom stereocenters. The highest BCUT2D eigenvalue weighted by Gasteiger charge is 2.39. The number of hydrogen-bond acceptors (Lipinski definition) is 3. The van der Waals surface area contributed by atoms with Gasteiger partial charge in [-0.2, -0.15) is 0 Å². The number of hydrogen-bond donors (Lipinski definition) is 0.